The summed E-state index contributed by atoms with van der Waals surface area (Å²) in [5.41, 5.74) is 4.13. The maximum Gasteiger partial charge on any atom is 0.246 e. The summed E-state index contributed by atoms with van der Waals surface area (Å²) >= 11 is 0. The van der Waals surface area contributed by atoms with E-state index >= 15 is 0 Å². The van der Waals surface area contributed by atoms with Crippen LogP contribution < -0.4 is 10.6 Å². The number of carbonyl (C=O) groups excluding carboxylic acids is 1. The molecule has 0 aromatic heterocycles. The van der Waals surface area contributed by atoms with Gasteiger partial charge in [-0.3, -0.25) is 9.00 Å². The third-order valence-corrected chi connectivity index (χ3v) is 4.04. The first-order valence-corrected chi connectivity index (χ1v) is 7.69. The summed E-state index contributed by atoms with van der Waals surface area (Å²) in [5, 5.41) is 6.13. The topological polar surface area (TPSA) is 58.2 Å². The molecule has 0 saturated heterocycles. The second-order valence-electron chi connectivity index (χ2n) is 4.73. The Morgan fingerprint density at radius 2 is 1.83 bits per heavy atom. The second-order valence-corrected chi connectivity index (χ2v) is 6.29. The lowest BCUT2D eigenvalue weighted by molar-refractivity contribution is -0.117. The average Bonchev–Trinajstić information content (AvgIpc) is 2.29. The summed E-state index contributed by atoms with van der Waals surface area (Å²) in [7, 11) is -0.868. The molecule has 2 atom stereocenters. The fourth-order valence-corrected chi connectivity index (χ4v) is 2.57. The summed E-state index contributed by atoms with van der Waals surface area (Å²) in [6.07, 6.45) is 2.24. The monoisotopic (exact) mass is 266 g/mol. The van der Waals surface area contributed by atoms with Gasteiger partial charge >= 0.3 is 0 Å². The molecular weight excluding hydrogens is 248 g/mol. The Hall–Kier alpha value is -1.36. The van der Waals surface area contributed by atoms with Crippen LogP contribution in [0.15, 0.2) is 12.1 Å². The van der Waals surface area contributed by atoms with Crippen molar-refractivity contribution in [3.05, 3.63) is 23.3 Å². The number of rotatable bonds is 3. The second kappa shape index (κ2) is 5.10. The van der Waals surface area contributed by atoms with Crippen molar-refractivity contribution in [2.24, 2.45) is 0 Å². The van der Waals surface area contributed by atoms with Gasteiger partial charge < -0.3 is 10.6 Å². The van der Waals surface area contributed by atoms with Gasteiger partial charge in [-0.05, 0) is 43.5 Å². The van der Waals surface area contributed by atoms with Crippen molar-refractivity contribution >= 4 is 28.1 Å². The Bertz CT molecular complexity index is 514. The van der Waals surface area contributed by atoms with Gasteiger partial charge in [-0.25, -0.2) is 0 Å². The van der Waals surface area contributed by atoms with Crippen LogP contribution in [-0.4, -0.2) is 28.2 Å². The Labute approximate surface area is 110 Å². The first kappa shape index (κ1) is 13.1. The molecule has 0 saturated carbocycles. The summed E-state index contributed by atoms with van der Waals surface area (Å²) in [6.45, 7) is 4.07. The molecule has 1 heterocycles. The number of carbonyl (C=O) groups is 1. The van der Waals surface area contributed by atoms with Gasteiger partial charge in [0.25, 0.3) is 0 Å². The number of benzene rings is 1. The molecule has 0 bridgehead atoms. The number of hydrogen-bond acceptors (Lipinski definition) is 3. The van der Waals surface area contributed by atoms with Crippen LogP contribution in [-0.2, 0) is 15.6 Å². The summed E-state index contributed by atoms with van der Waals surface area (Å²) in [4.78, 5) is 11.9. The smallest absolute Gasteiger partial charge is 0.246 e. The van der Waals surface area contributed by atoms with E-state index in [1.54, 1.807) is 6.26 Å². The number of amides is 1. The molecule has 1 aromatic carbocycles. The highest BCUT2D eigenvalue weighted by atomic mass is 32.2. The van der Waals surface area contributed by atoms with Gasteiger partial charge in [-0.15, -0.1) is 0 Å². The van der Waals surface area contributed by atoms with Crippen molar-refractivity contribution in [3.8, 4) is 0 Å². The SMILES string of the molecule is Cc1cc2c(cc1C)NC(CCS(C)=O)C(=O)N2. The molecule has 18 heavy (non-hydrogen) atoms. The van der Waals surface area contributed by atoms with Gasteiger partial charge in [0.15, 0.2) is 0 Å². The van der Waals surface area contributed by atoms with Crippen molar-refractivity contribution in [2.75, 3.05) is 22.6 Å². The molecule has 1 aliphatic rings. The van der Waals surface area contributed by atoms with E-state index < -0.39 is 10.8 Å². The lowest BCUT2D eigenvalue weighted by Crippen LogP contribution is -2.39. The molecule has 2 N–H and O–H groups in total. The number of nitrogens with one attached hydrogen (secondary N) is 2. The molecule has 1 aliphatic heterocycles. The molecule has 98 valence electrons. The number of fused-ring (bicyclic) bond motifs is 1. The molecule has 0 spiro atoms. The van der Waals surface area contributed by atoms with Gasteiger partial charge in [-0.1, -0.05) is 0 Å². The zero-order valence-electron chi connectivity index (χ0n) is 10.9. The largest absolute Gasteiger partial charge is 0.372 e. The first-order chi connectivity index (χ1) is 8.47. The number of anilines is 2. The van der Waals surface area contributed by atoms with Crippen LogP contribution in [0.2, 0.25) is 0 Å². The van der Waals surface area contributed by atoms with Gasteiger partial charge in [0, 0.05) is 22.8 Å². The van der Waals surface area contributed by atoms with E-state index in [4.69, 9.17) is 0 Å². The fraction of sp³-hybridized carbons (Fsp3) is 0.462. The van der Waals surface area contributed by atoms with Crippen molar-refractivity contribution in [2.45, 2.75) is 26.3 Å². The zero-order chi connectivity index (χ0) is 13.3. The Balaban J connectivity index is 2.19. The molecule has 2 rings (SSSR count). The van der Waals surface area contributed by atoms with Crippen LogP contribution in [0.4, 0.5) is 11.4 Å². The minimum atomic E-state index is -0.868. The maximum absolute atomic E-state index is 11.9. The van der Waals surface area contributed by atoms with E-state index in [0.29, 0.717) is 12.2 Å². The van der Waals surface area contributed by atoms with E-state index in [-0.39, 0.29) is 11.9 Å². The van der Waals surface area contributed by atoms with E-state index in [2.05, 4.69) is 10.6 Å². The van der Waals surface area contributed by atoms with Gasteiger partial charge in [0.2, 0.25) is 5.91 Å². The molecule has 0 radical (unpaired) electrons. The quantitative estimate of drug-likeness (QED) is 0.877. The van der Waals surface area contributed by atoms with Crippen LogP contribution in [0.3, 0.4) is 0 Å². The van der Waals surface area contributed by atoms with E-state index in [1.807, 2.05) is 26.0 Å². The van der Waals surface area contributed by atoms with Crippen LogP contribution in [0.5, 0.6) is 0 Å². The normalized spacial score (nSPS) is 19.7. The molecule has 1 amide bonds. The molecule has 2 unspecified atom stereocenters. The molecule has 4 nitrogen and oxygen atoms in total. The predicted molar refractivity (Wildman–Crippen MR) is 75.5 cm³/mol. The number of aryl methyl sites for hydroxylation is 2. The Morgan fingerprint density at radius 3 is 2.44 bits per heavy atom. The highest BCUT2D eigenvalue weighted by Gasteiger charge is 2.25. The van der Waals surface area contributed by atoms with Crippen molar-refractivity contribution in [1.82, 2.24) is 0 Å². The van der Waals surface area contributed by atoms with E-state index in [0.717, 1.165) is 16.9 Å². The average molecular weight is 266 g/mol. The Kier molecular flexibility index (Phi) is 3.71. The van der Waals surface area contributed by atoms with Crippen molar-refractivity contribution in [3.63, 3.8) is 0 Å². The van der Waals surface area contributed by atoms with E-state index in [9.17, 15) is 9.00 Å². The Morgan fingerprint density at radius 1 is 1.22 bits per heavy atom. The summed E-state index contributed by atoms with van der Waals surface area (Å²) in [5.74, 6) is 0.488. The van der Waals surface area contributed by atoms with Crippen LogP contribution in [0.25, 0.3) is 0 Å². The highest BCUT2D eigenvalue weighted by molar-refractivity contribution is 7.84. The first-order valence-electron chi connectivity index (χ1n) is 5.96. The van der Waals surface area contributed by atoms with Gasteiger partial charge in [0.05, 0.1) is 11.4 Å². The fourth-order valence-electron chi connectivity index (χ4n) is 2.00. The van der Waals surface area contributed by atoms with Gasteiger partial charge in [-0.2, -0.15) is 0 Å². The number of hydrogen-bond donors (Lipinski definition) is 2. The minimum absolute atomic E-state index is 0.0452. The van der Waals surface area contributed by atoms with E-state index in [1.165, 1.54) is 5.56 Å². The summed E-state index contributed by atoms with van der Waals surface area (Å²) in [6, 6.07) is 3.73. The molecular formula is C13H18N2O2S. The zero-order valence-corrected chi connectivity index (χ0v) is 11.7. The van der Waals surface area contributed by atoms with Crippen molar-refractivity contribution in [1.29, 1.82) is 0 Å². The third-order valence-electron chi connectivity index (χ3n) is 3.23. The molecule has 1 aromatic rings. The molecule has 0 aliphatic carbocycles. The minimum Gasteiger partial charge on any atom is -0.372 e. The van der Waals surface area contributed by atoms with Crippen LogP contribution >= 0.6 is 0 Å². The summed E-state index contributed by atoms with van der Waals surface area (Å²) < 4.78 is 11.1. The molecule has 0 fully saturated rings. The molecule has 5 heteroatoms. The van der Waals surface area contributed by atoms with Gasteiger partial charge in [0.1, 0.15) is 6.04 Å². The van der Waals surface area contributed by atoms with Crippen molar-refractivity contribution < 1.29 is 9.00 Å². The standard InChI is InChI=1S/C13H18N2O2S/c1-8-6-11-12(7-9(8)2)15-13(16)10(14-11)4-5-18(3)17/h6-7,10,14H,4-5H2,1-3H3,(H,15,16). The predicted octanol–water partition coefficient (Wildman–Crippen LogP) is 1.80. The van der Waals surface area contributed by atoms with Crippen LogP contribution in [0.1, 0.15) is 17.5 Å². The lowest BCUT2D eigenvalue weighted by atomic mass is 10.0. The lowest BCUT2D eigenvalue weighted by Gasteiger charge is -2.27. The third kappa shape index (κ3) is 2.72. The maximum atomic E-state index is 11.9. The highest BCUT2D eigenvalue weighted by Crippen LogP contribution is 2.30. The van der Waals surface area contributed by atoms with Crippen LogP contribution in [0, 0.1) is 13.8 Å².